The summed E-state index contributed by atoms with van der Waals surface area (Å²) < 4.78 is 26.8. The summed E-state index contributed by atoms with van der Waals surface area (Å²) in [4.78, 5) is 0.730. The van der Waals surface area contributed by atoms with Crippen LogP contribution in [0.25, 0.3) is 0 Å². The van der Waals surface area contributed by atoms with E-state index in [1.807, 2.05) is 0 Å². The Morgan fingerprint density at radius 3 is 2.80 bits per heavy atom. The van der Waals surface area contributed by atoms with Crippen molar-refractivity contribution in [2.24, 2.45) is 4.40 Å². The zero-order valence-electron chi connectivity index (χ0n) is 7.52. The number of aryl methyl sites for hydroxylation is 1. The van der Waals surface area contributed by atoms with Crippen molar-refractivity contribution in [3.05, 3.63) is 22.7 Å². The number of benzene rings is 1. The van der Waals surface area contributed by atoms with Gasteiger partial charge in [-0.3, -0.25) is 0 Å². The van der Waals surface area contributed by atoms with Crippen LogP contribution in [0.2, 0.25) is 5.02 Å². The molecule has 0 N–H and O–H groups in total. The fraction of sp³-hybridized carbons (Fsp3) is 0.125. The molecule has 1 aliphatic rings. The van der Waals surface area contributed by atoms with Gasteiger partial charge in [-0.1, -0.05) is 23.4 Å². The zero-order chi connectivity index (χ0) is 11.2. The lowest BCUT2D eigenvalue weighted by atomic mass is 10.2. The molecule has 0 atom stereocenters. The van der Waals surface area contributed by atoms with Crippen molar-refractivity contribution in [3.63, 3.8) is 0 Å². The fourth-order valence-electron chi connectivity index (χ4n) is 1.18. The molecule has 0 unspecified atom stereocenters. The van der Waals surface area contributed by atoms with Gasteiger partial charge in [-0.05, 0) is 29.0 Å². The second-order valence-electron chi connectivity index (χ2n) is 2.98. The molecule has 0 amide bonds. The molecular weight excluding hydrogens is 274 g/mol. The molecule has 80 valence electrons. The number of thioether (sulfide) groups is 1. The summed E-state index contributed by atoms with van der Waals surface area (Å²) in [7, 11) is -3.63. The molecule has 1 aromatic carbocycles. The molecule has 1 aliphatic heterocycles. The molecule has 0 radical (unpaired) electrons. The number of rotatable bonds is 0. The zero-order valence-corrected chi connectivity index (χ0v) is 10.7. The maximum atomic E-state index is 11.6. The fourth-order valence-corrected chi connectivity index (χ4v) is 4.31. The first kappa shape index (κ1) is 11.2. The van der Waals surface area contributed by atoms with Crippen LogP contribution in [0, 0.1) is 6.92 Å². The highest BCUT2D eigenvalue weighted by Gasteiger charge is 2.22. The average molecular weight is 279 g/mol. The Morgan fingerprint density at radius 1 is 1.47 bits per heavy atom. The van der Waals surface area contributed by atoms with Gasteiger partial charge < -0.3 is 12.6 Å². The van der Waals surface area contributed by atoms with Gasteiger partial charge in [-0.15, -0.1) is 0 Å². The summed E-state index contributed by atoms with van der Waals surface area (Å²) in [5.41, 5.74) is 0.711. The maximum absolute atomic E-state index is 11.6. The molecule has 0 aromatic heterocycles. The number of fused-ring (bicyclic) bond motifs is 1. The van der Waals surface area contributed by atoms with Crippen molar-refractivity contribution in [1.29, 1.82) is 0 Å². The van der Waals surface area contributed by atoms with E-state index in [1.165, 1.54) is 6.07 Å². The van der Waals surface area contributed by atoms with Crippen LogP contribution in [0.4, 0.5) is 0 Å². The monoisotopic (exact) mass is 278 g/mol. The number of nitrogens with zero attached hydrogens (tertiary/aromatic N) is 1. The average Bonchev–Trinajstić information content (AvgIpc) is 2.07. The van der Waals surface area contributed by atoms with Crippen LogP contribution in [-0.4, -0.2) is 12.8 Å². The van der Waals surface area contributed by atoms with Gasteiger partial charge in [0.25, 0.3) is 10.0 Å². The normalized spacial score (nSPS) is 18.1. The van der Waals surface area contributed by atoms with Gasteiger partial charge in [0.05, 0.1) is 0 Å². The Kier molecular flexibility index (Phi) is 2.70. The van der Waals surface area contributed by atoms with E-state index < -0.39 is 10.0 Å². The van der Waals surface area contributed by atoms with E-state index in [1.54, 1.807) is 13.0 Å². The van der Waals surface area contributed by atoms with E-state index in [9.17, 15) is 8.42 Å². The van der Waals surface area contributed by atoms with Crippen LogP contribution >= 0.6 is 23.4 Å². The van der Waals surface area contributed by atoms with Crippen molar-refractivity contribution < 1.29 is 8.42 Å². The molecule has 0 saturated carbocycles. The Labute approximate surface area is 102 Å². The predicted octanol–water partition coefficient (Wildman–Crippen LogP) is 2.35. The molecule has 1 aromatic rings. The molecule has 15 heavy (non-hydrogen) atoms. The molecule has 0 aliphatic carbocycles. The number of sulfonamides is 1. The van der Waals surface area contributed by atoms with Gasteiger partial charge in [-0.25, -0.2) is 0 Å². The standard InChI is InChI=1S/C8H6ClNO2S3/c1-4-2-7-6(3-5(4)9)14-8(13)10-15(7,11)12/h2-3H,1H3,(H,10,13)/p-1. The van der Waals surface area contributed by atoms with Gasteiger partial charge in [0, 0.05) is 9.92 Å². The third kappa shape index (κ3) is 1.99. The van der Waals surface area contributed by atoms with E-state index >= 15 is 0 Å². The van der Waals surface area contributed by atoms with E-state index in [4.69, 9.17) is 24.2 Å². The van der Waals surface area contributed by atoms with Crippen LogP contribution in [0.3, 0.4) is 0 Å². The van der Waals surface area contributed by atoms with Crippen LogP contribution in [0.5, 0.6) is 0 Å². The highest BCUT2D eigenvalue weighted by atomic mass is 35.5. The number of hydrogen-bond acceptors (Lipinski definition) is 4. The largest absolute Gasteiger partial charge is 0.752 e. The lowest BCUT2D eigenvalue weighted by molar-refractivity contribution is 0.596. The van der Waals surface area contributed by atoms with Crippen molar-refractivity contribution in [2.45, 2.75) is 16.7 Å². The SMILES string of the molecule is Cc1cc2c(cc1Cl)SC([S-])=NS2(=O)=O. The molecule has 0 saturated heterocycles. The molecule has 2 rings (SSSR count). The second kappa shape index (κ2) is 3.62. The first-order chi connectivity index (χ1) is 6.90. The van der Waals surface area contributed by atoms with E-state index in [-0.39, 0.29) is 9.27 Å². The van der Waals surface area contributed by atoms with Crippen molar-refractivity contribution in [2.75, 3.05) is 0 Å². The second-order valence-corrected chi connectivity index (χ2v) is 6.64. The summed E-state index contributed by atoms with van der Waals surface area (Å²) in [6.45, 7) is 1.75. The van der Waals surface area contributed by atoms with Crippen LogP contribution in [0.15, 0.2) is 26.3 Å². The van der Waals surface area contributed by atoms with Crippen LogP contribution < -0.4 is 0 Å². The molecule has 1 heterocycles. The van der Waals surface area contributed by atoms with E-state index in [0.717, 1.165) is 11.8 Å². The quantitative estimate of drug-likeness (QED) is 0.684. The molecule has 3 nitrogen and oxygen atoms in total. The summed E-state index contributed by atoms with van der Waals surface area (Å²) in [5, 5.41) is 0.529. The van der Waals surface area contributed by atoms with Crippen LogP contribution in [0.1, 0.15) is 5.56 Å². The Hall–Kier alpha value is -0.300. The molecule has 0 bridgehead atoms. The first-order valence-electron chi connectivity index (χ1n) is 3.90. The highest BCUT2D eigenvalue weighted by molar-refractivity contribution is 8.28. The van der Waals surface area contributed by atoms with Crippen molar-refractivity contribution >= 4 is 50.4 Å². The van der Waals surface area contributed by atoms with Crippen molar-refractivity contribution in [3.8, 4) is 0 Å². The number of hydrogen-bond donors (Lipinski definition) is 0. The van der Waals surface area contributed by atoms with Gasteiger partial charge in [0.2, 0.25) is 0 Å². The Balaban J connectivity index is 2.75. The Bertz CT molecular complexity index is 565. The lowest BCUT2D eigenvalue weighted by Crippen LogP contribution is -2.08. The third-order valence-electron chi connectivity index (χ3n) is 1.89. The molecule has 7 heteroatoms. The minimum Gasteiger partial charge on any atom is -0.752 e. The minimum absolute atomic E-state index is 0.0995. The summed E-state index contributed by atoms with van der Waals surface area (Å²) in [6.07, 6.45) is 0. The van der Waals surface area contributed by atoms with E-state index in [0.29, 0.717) is 15.5 Å². The van der Waals surface area contributed by atoms with Crippen LogP contribution in [-0.2, 0) is 22.7 Å². The van der Waals surface area contributed by atoms with Gasteiger partial charge in [0.15, 0.2) is 0 Å². The van der Waals surface area contributed by atoms with Gasteiger partial charge in [-0.2, -0.15) is 12.8 Å². The molecule has 0 spiro atoms. The van der Waals surface area contributed by atoms with E-state index in [2.05, 4.69) is 4.40 Å². The summed E-state index contributed by atoms with van der Waals surface area (Å²) in [5.74, 6) is 0. The maximum Gasteiger partial charge on any atom is 0.282 e. The smallest absolute Gasteiger partial charge is 0.282 e. The lowest BCUT2D eigenvalue weighted by Gasteiger charge is -2.19. The highest BCUT2D eigenvalue weighted by Crippen LogP contribution is 2.36. The minimum atomic E-state index is -3.63. The first-order valence-corrected chi connectivity index (χ1v) is 6.94. The Morgan fingerprint density at radius 2 is 2.13 bits per heavy atom. The predicted molar refractivity (Wildman–Crippen MR) is 64.0 cm³/mol. The van der Waals surface area contributed by atoms with Gasteiger partial charge >= 0.3 is 0 Å². The summed E-state index contributed by atoms with van der Waals surface area (Å²) in [6, 6.07) is 3.13. The van der Waals surface area contributed by atoms with Crippen molar-refractivity contribution in [1.82, 2.24) is 0 Å². The number of halogens is 1. The molecular formula is C8H5ClNO2S3-. The van der Waals surface area contributed by atoms with Gasteiger partial charge in [0.1, 0.15) is 4.90 Å². The third-order valence-corrected chi connectivity index (χ3v) is 5.14. The molecule has 0 fully saturated rings. The summed E-state index contributed by atoms with van der Waals surface area (Å²) >= 11 is 11.8. The topological polar surface area (TPSA) is 46.5 Å².